The van der Waals surface area contributed by atoms with E-state index in [1.54, 1.807) is 32.3 Å². The van der Waals surface area contributed by atoms with E-state index < -0.39 is 10.0 Å². The third kappa shape index (κ3) is 3.25. The molecule has 21 heavy (non-hydrogen) atoms. The van der Waals surface area contributed by atoms with E-state index in [4.69, 9.17) is 5.73 Å². The van der Waals surface area contributed by atoms with Crippen LogP contribution < -0.4 is 10.5 Å². The van der Waals surface area contributed by atoms with Crippen LogP contribution in [0.4, 0.5) is 5.69 Å². The molecular formula is C14H20N4O2S. The van der Waals surface area contributed by atoms with Gasteiger partial charge in [0.25, 0.3) is 0 Å². The first-order valence-electron chi connectivity index (χ1n) is 6.67. The van der Waals surface area contributed by atoms with Gasteiger partial charge in [-0.15, -0.1) is 0 Å². The van der Waals surface area contributed by atoms with Gasteiger partial charge in [-0.25, -0.2) is 18.1 Å². The SMILES string of the molecule is Cc1cc(C)c(S(=O)(=O)NCCc2ncc[nH]2)c(C)c1N. The number of nitrogens with one attached hydrogen (secondary N) is 2. The largest absolute Gasteiger partial charge is 0.398 e. The fourth-order valence-electron chi connectivity index (χ4n) is 2.41. The van der Waals surface area contributed by atoms with E-state index in [0.29, 0.717) is 23.2 Å². The number of aromatic amines is 1. The molecule has 4 N–H and O–H groups in total. The average molecular weight is 308 g/mol. The van der Waals surface area contributed by atoms with Gasteiger partial charge in [-0.2, -0.15) is 0 Å². The molecule has 0 fully saturated rings. The zero-order valence-electron chi connectivity index (χ0n) is 12.4. The van der Waals surface area contributed by atoms with Crippen molar-refractivity contribution in [2.24, 2.45) is 0 Å². The molecule has 114 valence electrons. The van der Waals surface area contributed by atoms with E-state index in [1.807, 2.05) is 6.92 Å². The molecule has 1 aromatic heterocycles. The van der Waals surface area contributed by atoms with Crippen LogP contribution in [-0.4, -0.2) is 24.9 Å². The van der Waals surface area contributed by atoms with Gasteiger partial charge in [0, 0.05) is 31.0 Å². The molecule has 0 radical (unpaired) electrons. The summed E-state index contributed by atoms with van der Waals surface area (Å²) in [5.74, 6) is 0.745. The first-order valence-corrected chi connectivity index (χ1v) is 8.15. The molecule has 0 aliphatic carbocycles. The smallest absolute Gasteiger partial charge is 0.241 e. The van der Waals surface area contributed by atoms with E-state index in [9.17, 15) is 8.42 Å². The highest BCUT2D eigenvalue weighted by atomic mass is 32.2. The Kier molecular flexibility index (Phi) is 4.34. The van der Waals surface area contributed by atoms with Crippen molar-refractivity contribution >= 4 is 15.7 Å². The van der Waals surface area contributed by atoms with Crippen molar-refractivity contribution in [2.75, 3.05) is 12.3 Å². The lowest BCUT2D eigenvalue weighted by atomic mass is 10.1. The van der Waals surface area contributed by atoms with Crippen LogP contribution >= 0.6 is 0 Å². The Balaban J connectivity index is 2.22. The van der Waals surface area contributed by atoms with Crippen molar-refractivity contribution in [3.63, 3.8) is 0 Å². The van der Waals surface area contributed by atoms with Gasteiger partial charge in [-0.05, 0) is 37.5 Å². The van der Waals surface area contributed by atoms with Crippen LogP contribution in [-0.2, 0) is 16.4 Å². The molecule has 0 spiro atoms. The Bertz CT molecular complexity index is 737. The van der Waals surface area contributed by atoms with Crippen molar-refractivity contribution in [3.05, 3.63) is 41.0 Å². The number of imidazole rings is 1. The van der Waals surface area contributed by atoms with Gasteiger partial charge in [-0.1, -0.05) is 6.07 Å². The number of H-pyrrole nitrogens is 1. The van der Waals surface area contributed by atoms with E-state index in [2.05, 4.69) is 14.7 Å². The minimum absolute atomic E-state index is 0.269. The molecule has 0 saturated carbocycles. The zero-order chi connectivity index (χ0) is 15.6. The second kappa shape index (κ2) is 5.87. The summed E-state index contributed by atoms with van der Waals surface area (Å²) in [6.45, 7) is 5.66. The summed E-state index contributed by atoms with van der Waals surface area (Å²) in [6, 6.07) is 1.80. The van der Waals surface area contributed by atoms with Gasteiger partial charge in [0.15, 0.2) is 0 Å². The number of aromatic nitrogens is 2. The van der Waals surface area contributed by atoms with E-state index >= 15 is 0 Å². The third-order valence-corrected chi connectivity index (χ3v) is 5.19. The molecule has 6 nitrogen and oxygen atoms in total. The van der Waals surface area contributed by atoms with Crippen LogP contribution in [0.15, 0.2) is 23.4 Å². The summed E-state index contributed by atoms with van der Waals surface area (Å²) < 4.78 is 27.5. The number of nitrogen functional groups attached to an aromatic ring is 1. The van der Waals surface area contributed by atoms with Crippen LogP contribution in [0.25, 0.3) is 0 Å². The highest BCUT2D eigenvalue weighted by Gasteiger charge is 2.21. The number of sulfonamides is 1. The average Bonchev–Trinajstić information content (AvgIpc) is 2.88. The van der Waals surface area contributed by atoms with E-state index in [1.165, 1.54) is 0 Å². The molecule has 2 aromatic rings. The maximum atomic E-state index is 12.5. The van der Waals surface area contributed by atoms with Crippen molar-refractivity contribution < 1.29 is 8.42 Å². The van der Waals surface area contributed by atoms with E-state index in [-0.39, 0.29) is 11.4 Å². The Morgan fingerprint density at radius 1 is 1.29 bits per heavy atom. The first-order chi connectivity index (χ1) is 9.83. The quantitative estimate of drug-likeness (QED) is 0.727. The fourth-order valence-corrected chi connectivity index (χ4v) is 3.92. The minimum atomic E-state index is -3.59. The molecule has 0 unspecified atom stereocenters. The number of anilines is 1. The molecular weight excluding hydrogens is 288 g/mol. The minimum Gasteiger partial charge on any atom is -0.398 e. The Morgan fingerprint density at radius 2 is 2.00 bits per heavy atom. The van der Waals surface area contributed by atoms with Gasteiger partial charge in [0.1, 0.15) is 5.82 Å². The van der Waals surface area contributed by atoms with Crippen LogP contribution in [0.2, 0.25) is 0 Å². The fraction of sp³-hybridized carbons (Fsp3) is 0.357. The number of nitrogens with two attached hydrogens (primary N) is 1. The number of hydrogen-bond donors (Lipinski definition) is 3. The zero-order valence-corrected chi connectivity index (χ0v) is 13.2. The number of aryl methyl sites for hydroxylation is 2. The highest BCUT2D eigenvalue weighted by molar-refractivity contribution is 7.89. The van der Waals surface area contributed by atoms with Gasteiger partial charge in [0.2, 0.25) is 10.0 Å². The van der Waals surface area contributed by atoms with Gasteiger partial charge in [-0.3, -0.25) is 0 Å². The lowest BCUT2D eigenvalue weighted by Gasteiger charge is -2.15. The molecule has 1 heterocycles. The normalized spacial score (nSPS) is 11.8. The maximum absolute atomic E-state index is 12.5. The first kappa shape index (κ1) is 15.5. The molecule has 0 aliphatic rings. The maximum Gasteiger partial charge on any atom is 0.241 e. The van der Waals surface area contributed by atoms with E-state index in [0.717, 1.165) is 11.4 Å². The number of rotatable bonds is 5. The molecule has 0 atom stereocenters. The Labute approximate surface area is 124 Å². The monoisotopic (exact) mass is 308 g/mol. The third-order valence-electron chi connectivity index (χ3n) is 3.44. The Hall–Kier alpha value is -1.86. The Morgan fingerprint density at radius 3 is 2.62 bits per heavy atom. The number of hydrogen-bond acceptors (Lipinski definition) is 4. The predicted molar refractivity (Wildman–Crippen MR) is 82.5 cm³/mol. The summed E-state index contributed by atoms with van der Waals surface area (Å²) >= 11 is 0. The topological polar surface area (TPSA) is 101 Å². The summed E-state index contributed by atoms with van der Waals surface area (Å²) in [6.07, 6.45) is 3.85. The summed E-state index contributed by atoms with van der Waals surface area (Å²) in [4.78, 5) is 7.26. The standard InChI is InChI=1S/C14H20N4O2S/c1-9-8-10(2)14(11(3)13(9)15)21(19,20)18-5-4-12-16-6-7-17-12/h6-8,18H,4-5,15H2,1-3H3,(H,16,17). The summed E-state index contributed by atoms with van der Waals surface area (Å²) in [5, 5.41) is 0. The second-order valence-electron chi connectivity index (χ2n) is 5.06. The summed E-state index contributed by atoms with van der Waals surface area (Å²) in [5.41, 5.74) is 8.65. The molecule has 2 rings (SSSR count). The van der Waals surface area contributed by atoms with Gasteiger partial charge in [0.05, 0.1) is 4.90 Å². The van der Waals surface area contributed by atoms with Crippen molar-refractivity contribution in [2.45, 2.75) is 32.1 Å². The summed E-state index contributed by atoms with van der Waals surface area (Å²) in [7, 11) is -3.59. The number of nitrogens with zero attached hydrogens (tertiary/aromatic N) is 1. The number of benzene rings is 1. The van der Waals surface area contributed by atoms with Crippen LogP contribution in [0, 0.1) is 20.8 Å². The van der Waals surface area contributed by atoms with Crippen LogP contribution in [0.3, 0.4) is 0 Å². The second-order valence-corrected chi connectivity index (χ2v) is 6.77. The molecule has 7 heteroatoms. The molecule has 0 amide bonds. The van der Waals surface area contributed by atoms with Crippen LogP contribution in [0.1, 0.15) is 22.5 Å². The van der Waals surface area contributed by atoms with Crippen molar-refractivity contribution in [1.82, 2.24) is 14.7 Å². The molecule has 1 aromatic carbocycles. The van der Waals surface area contributed by atoms with Gasteiger partial charge >= 0.3 is 0 Å². The molecule has 0 saturated heterocycles. The van der Waals surface area contributed by atoms with Crippen LogP contribution in [0.5, 0.6) is 0 Å². The highest BCUT2D eigenvalue weighted by Crippen LogP contribution is 2.27. The lowest BCUT2D eigenvalue weighted by Crippen LogP contribution is -2.28. The van der Waals surface area contributed by atoms with Crippen molar-refractivity contribution in [3.8, 4) is 0 Å². The lowest BCUT2D eigenvalue weighted by molar-refractivity contribution is 0.579. The van der Waals surface area contributed by atoms with Crippen molar-refractivity contribution in [1.29, 1.82) is 0 Å². The molecule has 0 aliphatic heterocycles. The predicted octanol–water partition coefficient (Wildman–Crippen LogP) is 1.44. The molecule has 0 bridgehead atoms. The van der Waals surface area contributed by atoms with Gasteiger partial charge < -0.3 is 10.7 Å².